The summed E-state index contributed by atoms with van der Waals surface area (Å²) in [6.07, 6.45) is 5.37. The molecular formula is C36H22N4. The first kappa shape index (κ1) is 22.5. The average molecular weight is 511 g/mol. The summed E-state index contributed by atoms with van der Waals surface area (Å²) in [6, 6.07) is 40.3. The van der Waals surface area contributed by atoms with Gasteiger partial charge in [0.05, 0.1) is 16.7 Å². The van der Waals surface area contributed by atoms with E-state index in [1.54, 1.807) is 12.4 Å². The van der Waals surface area contributed by atoms with E-state index >= 15 is 0 Å². The molecule has 0 aliphatic carbocycles. The summed E-state index contributed by atoms with van der Waals surface area (Å²) in [4.78, 5) is 18.7. The number of hydrogen-bond donors (Lipinski definition) is 0. The molecule has 186 valence electrons. The normalized spacial score (nSPS) is 11.5. The monoisotopic (exact) mass is 510 g/mol. The van der Waals surface area contributed by atoms with Crippen molar-refractivity contribution in [3.05, 3.63) is 134 Å². The molecule has 0 fully saturated rings. The van der Waals surface area contributed by atoms with Gasteiger partial charge in [0, 0.05) is 40.5 Å². The second kappa shape index (κ2) is 9.07. The predicted octanol–water partition coefficient (Wildman–Crippen LogP) is 8.88. The van der Waals surface area contributed by atoms with Gasteiger partial charge in [-0.25, -0.2) is 15.0 Å². The average Bonchev–Trinajstić information content (AvgIpc) is 3.04. The SMILES string of the molecule is c1cnc(-c2ccc(-c3ccc4cc(-c5cc6ccccc6c6ccccc56)c5cccnc5c4n3)cc2)nc1. The highest BCUT2D eigenvalue weighted by molar-refractivity contribution is 6.18. The predicted molar refractivity (Wildman–Crippen MR) is 164 cm³/mol. The van der Waals surface area contributed by atoms with Crippen molar-refractivity contribution in [3.8, 4) is 33.8 Å². The van der Waals surface area contributed by atoms with Crippen molar-refractivity contribution in [2.45, 2.75) is 0 Å². The second-order valence-electron chi connectivity index (χ2n) is 9.93. The maximum Gasteiger partial charge on any atom is 0.159 e. The maximum absolute atomic E-state index is 5.13. The van der Waals surface area contributed by atoms with Gasteiger partial charge in [0.25, 0.3) is 0 Å². The molecule has 0 atom stereocenters. The summed E-state index contributed by atoms with van der Waals surface area (Å²) in [6.45, 7) is 0. The van der Waals surface area contributed by atoms with Gasteiger partial charge in [0.1, 0.15) is 0 Å². The van der Waals surface area contributed by atoms with Crippen LogP contribution in [0.5, 0.6) is 0 Å². The van der Waals surface area contributed by atoms with Crippen molar-refractivity contribution >= 4 is 43.4 Å². The van der Waals surface area contributed by atoms with Gasteiger partial charge in [-0.15, -0.1) is 0 Å². The van der Waals surface area contributed by atoms with Crippen molar-refractivity contribution in [1.82, 2.24) is 19.9 Å². The lowest BCUT2D eigenvalue weighted by atomic mass is 9.90. The molecule has 0 radical (unpaired) electrons. The first-order chi connectivity index (χ1) is 19.8. The molecule has 40 heavy (non-hydrogen) atoms. The van der Waals surface area contributed by atoms with Crippen LogP contribution in [0.2, 0.25) is 0 Å². The summed E-state index contributed by atoms with van der Waals surface area (Å²) in [7, 11) is 0. The smallest absolute Gasteiger partial charge is 0.159 e. The van der Waals surface area contributed by atoms with Gasteiger partial charge >= 0.3 is 0 Å². The van der Waals surface area contributed by atoms with Gasteiger partial charge in [0.15, 0.2) is 5.82 Å². The van der Waals surface area contributed by atoms with E-state index in [0.717, 1.165) is 38.6 Å². The molecule has 0 unspecified atom stereocenters. The molecule has 3 aromatic heterocycles. The van der Waals surface area contributed by atoms with E-state index in [0.29, 0.717) is 5.82 Å². The van der Waals surface area contributed by atoms with E-state index in [9.17, 15) is 0 Å². The van der Waals surface area contributed by atoms with Crippen LogP contribution in [0.4, 0.5) is 0 Å². The highest BCUT2D eigenvalue weighted by Crippen LogP contribution is 2.40. The molecule has 0 saturated heterocycles. The van der Waals surface area contributed by atoms with Crippen LogP contribution < -0.4 is 0 Å². The van der Waals surface area contributed by atoms with E-state index in [2.05, 4.69) is 101 Å². The third-order valence-corrected chi connectivity index (χ3v) is 7.61. The lowest BCUT2D eigenvalue weighted by Crippen LogP contribution is -1.92. The van der Waals surface area contributed by atoms with Crippen LogP contribution in [-0.4, -0.2) is 19.9 Å². The summed E-state index contributed by atoms with van der Waals surface area (Å²) in [5.74, 6) is 0.712. The summed E-state index contributed by atoms with van der Waals surface area (Å²) in [5.41, 5.74) is 7.10. The Balaban J connectivity index is 1.32. The molecule has 5 aromatic carbocycles. The minimum Gasteiger partial charge on any atom is -0.254 e. The summed E-state index contributed by atoms with van der Waals surface area (Å²) >= 11 is 0. The number of nitrogens with zero attached hydrogens (tertiary/aromatic N) is 4. The molecule has 0 amide bonds. The van der Waals surface area contributed by atoms with Crippen molar-refractivity contribution < 1.29 is 0 Å². The number of fused-ring (bicyclic) bond motifs is 6. The molecule has 0 bridgehead atoms. The zero-order valence-electron chi connectivity index (χ0n) is 21.5. The van der Waals surface area contributed by atoms with Crippen molar-refractivity contribution in [2.24, 2.45) is 0 Å². The summed E-state index contributed by atoms with van der Waals surface area (Å²) < 4.78 is 0. The Bertz CT molecular complexity index is 2200. The Hall–Kier alpha value is -5.48. The minimum atomic E-state index is 0.712. The molecule has 3 heterocycles. The van der Waals surface area contributed by atoms with Crippen LogP contribution in [0.25, 0.3) is 77.1 Å². The van der Waals surface area contributed by atoms with Crippen LogP contribution in [0, 0.1) is 0 Å². The van der Waals surface area contributed by atoms with E-state index < -0.39 is 0 Å². The molecule has 4 heteroatoms. The Morgan fingerprint density at radius 2 is 1.05 bits per heavy atom. The van der Waals surface area contributed by atoms with Gasteiger partial charge in [-0.2, -0.15) is 0 Å². The van der Waals surface area contributed by atoms with E-state index in [-0.39, 0.29) is 0 Å². The van der Waals surface area contributed by atoms with Crippen molar-refractivity contribution in [3.63, 3.8) is 0 Å². The van der Waals surface area contributed by atoms with Gasteiger partial charge < -0.3 is 0 Å². The molecule has 8 rings (SSSR count). The Kier molecular flexibility index (Phi) is 5.10. The number of aromatic nitrogens is 4. The maximum atomic E-state index is 5.13. The fourth-order valence-corrected chi connectivity index (χ4v) is 5.72. The largest absolute Gasteiger partial charge is 0.254 e. The molecule has 0 aliphatic heterocycles. The van der Waals surface area contributed by atoms with Crippen LogP contribution in [0.1, 0.15) is 0 Å². The standard InChI is InChI=1S/C36H22N4/c1-2-8-27-25(7-1)21-31(29-10-4-3-9-28(27)29)32-22-26-16-17-33(40-34(26)35-30(32)11-5-18-37-35)23-12-14-24(15-13-23)36-38-19-6-20-39-36/h1-22H. The van der Waals surface area contributed by atoms with Gasteiger partial charge in [-0.3, -0.25) is 4.98 Å². The van der Waals surface area contributed by atoms with E-state index in [1.165, 1.54) is 32.7 Å². The molecule has 0 aliphatic rings. The highest BCUT2D eigenvalue weighted by atomic mass is 14.8. The second-order valence-corrected chi connectivity index (χ2v) is 9.93. The van der Waals surface area contributed by atoms with Gasteiger partial charge in [-0.1, -0.05) is 84.9 Å². The van der Waals surface area contributed by atoms with Crippen LogP contribution in [-0.2, 0) is 0 Å². The topological polar surface area (TPSA) is 51.6 Å². The van der Waals surface area contributed by atoms with Crippen LogP contribution in [0.15, 0.2) is 134 Å². The van der Waals surface area contributed by atoms with E-state index in [4.69, 9.17) is 9.97 Å². The van der Waals surface area contributed by atoms with E-state index in [1.807, 2.05) is 30.5 Å². The first-order valence-electron chi connectivity index (χ1n) is 13.3. The third-order valence-electron chi connectivity index (χ3n) is 7.61. The zero-order valence-corrected chi connectivity index (χ0v) is 21.5. The molecule has 0 spiro atoms. The fraction of sp³-hybridized carbons (Fsp3) is 0. The van der Waals surface area contributed by atoms with Gasteiger partial charge in [0.2, 0.25) is 0 Å². The van der Waals surface area contributed by atoms with Crippen LogP contribution >= 0.6 is 0 Å². The first-order valence-corrected chi connectivity index (χ1v) is 13.3. The Labute approximate surface area is 230 Å². The molecule has 0 saturated carbocycles. The fourth-order valence-electron chi connectivity index (χ4n) is 5.72. The highest BCUT2D eigenvalue weighted by Gasteiger charge is 2.15. The lowest BCUT2D eigenvalue weighted by molar-refractivity contribution is 1.18. The number of pyridine rings is 2. The molecule has 4 nitrogen and oxygen atoms in total. The number of hydrogen-bond acceptors (Lipinski definition) is 4. The van der Waals surface area contributed by atoms with Crippen molar-refractivity contribution in [1.29, 1.82) is 0 Å². The van der Waals surface area contributed by atoms with Gasteiger partial charge in [-0.05, 0) is 63.0 Å². The summed E-state index contributed by atoms with van der Waals surface area (Å²) in [5, 5.41) is 7.14. The Morgan fingerprint density at radius 3 is 1.90 bits per heavy atom. The molecule has 0 N–H and O–H groups in total. The number of benzene rings is 5. The van der Waals surface area contributed by atoms with Crippen LogP contribution in [0.3, 0.4) is 0 Å². The third kappa shape index (κ3) is 3.62. The lowest BCUT2D eigenvalue weighted by Gasteiger charge is -2.15. The Morgan fingerprint density at radius 1 is 0.400 bits per heavy atom. The molecular weight excluding hydrogens is 488 g/mol. The minimum absolute atomic E-state index is 0.712. The molecule has 8 aromatic rings. The number of rotatable bonds is 3. The van der Waals surface area contributed by atoms with Crippen molar-refractivity contribution in [2.75, 3.05) is 0 Å². The quantitative estimate of drug-likeness (QED) is 0.223. The zero-order chi connectivity index (χ0) is 26.5.